The highest BCUT2D eigenvalue weighted by Gasteiger charge is 1.94. The lowest BCUT2D eigenvalue weighted by Crippen LogP contribution is -1.78. The Hall–Kier alpha value is 0.690. The Labute approximate surface area is 85.0 Å². The first-order valence-electron chi connectivity index (χ1n) is 3.19. The van der Waals surface area contributed by atoms with E-state index < -0.39 is 0 Å². The Morgan fingerprint density at radius 1 is 1.40 bits per heavy atom. The molecule has 0 aliphatic rings. The van der Waals surface area contributed by atoms with Crippen LogP contribution < -0.4 is 0 Å². The van der Waals surface area contributed by atoms with Crippen molar-refractivity contribution in [3.05, 3.63) is 20.2 Å². The lowest BCUT2D eigenvalue weighted by atomic mass is 10.1. The van der Waals surface area contributed by atoms with Crippen LogP contribution in [0.4, 0.5) is 0 Å². The standard InChI is InChI=1S/C8H12BrI/c1-6(8(3)9)4-5-7(2)10/h2,4-5H2,1,3H3/b8-6+. The Kier molecular flexibility index (Phi) is 5.72. The molecule has 0 aliphatic heterocycles. The summed E-state index contributed by atoms with van der Waals surface area (Å²) in [7, 11) is 0. The molecule has 0 nitrogen and oxygen atoms in total. The van der Waals surface area contributed by atoms with Crippen molar-refractivity contribution in [2.45, 2.75) is 26.7 Å². The molecule has 0 N–H and O–H groups in total. The Morgan fingerprint density at radius 3 is 2.20 bits per heavy atom. The fourth-order valence-electron chi connectivity index (χ4n) is 0.495. The van der Waals surface area contributed by atoms with Crippen LogP contribution in [0.1, 0.15) is 26.7 Å². The predicted molar refractivity (Wildman–Crippen MR) is 59.7 cm³/mol. The summed E-state index contributed by atoms with van der Waals surface area (Å²) in [5.41, 5.74) is 1.41. The van der Waals surface area contributed by atoms with Gasteiger partial charge in [0.25, 0.3) is 0 Å². The molecule has 0 spiro atoms. The molecule has 0 amide bonds. The number of halogens is 2. The van der Waals surface area contributed by atoms with Gasteiger partial charge in [-0.1, -0.05) is 28.1 Å². The molecule has 0 aliphatic carbocycles. The number of hydrogen-bond donors (Lipinski definition) is 0. The second kappa shape index (κ2) is 5.35. The average molecular weight is 315 g/mol. The van der Waals surface area contributed by atoms with Gasteiger partial charge in [0.15, 0.2) is 0 Å². The van der Waals surface area contributed by atoms with Gasteiger partial charge >= 0.3 is 0 Å². The summed E-state index contributed by atoms with van der Waals surface area (Å²) < 4.78 is 2.48. The summed E-state index contributed by atoms with van der Waals surface area (Å²) in [4.78, 5) is 0. The van der Waals surface area contributed by atoms with Gasteiger partial charge in [-0.2, -0.15) is 0 Å². The maximum absolute atomic E-state index is 3.84. The molecule has 0 aromatic heterocycles. The minimum atomic E-state index is 1.09. The Morgan fingerprint density at radius 2 is 1.90 bits per heavy atom. The molecule has 0 aromatic rings. The van der Waals surface area contributed by atoms with Gasteiger partial charge < -0.3 is 0 Å². The smallest absolute Gasteiger partial charge is 0.00910 e. The van der Waals surface area contributed by atoms with E-state index in [0.29, 0.717) is 0 Å². The molecule has 0 unspecified atom stereocenters. The molecule has 10 heavy (non-hydrogen) atoms. The zero-order valence-electron chi connectivity index (χ0n) is 6.38. The van der Waals surface area contributed by atoms with E-state index in [1.54, 1.807) is 0 Å². The minimum Gasteiger partial charge on any atom is -0.0897 e. The van der Waals surface area contributed by atoms with Gasteiger partial charge in [0.2, 0.25) is 0 Å². The van der Waals surface area contributed by atoms with Crippen LogP contribution in [0, 0.1) is 0 Å². The van der Waals surface area contributed by atoms with Crippen molar-refractivity contribution in [2.75, 3.05) is 0 Å². The third kappa shape index (κ3) is 5.47. The second-order valence-electron chi connectivity index (χ2n) is 2.33. The highest BCUT2D eigenvalue weighted by Crippen LogP contribution is 2.19. The SMILES string of the molecule is C=C(I)CC/C(C)=C(\C)Br. The zero-order valence-corrected chi connectivity index (χ0v) is 10.1. The molecule has 0 aromatic carbocycles. The first-order valence-corrected chi connectivity index (χ1v) is 5.06. The monoisotopic (exact) mass is 314 g/mol. The van der Waals surface area contributed by atoms with Crippen LogP contribution in [-0.2, 0) is 0 Å². The molecule has 0 fully saturated rings. The van der Waals surface area contributed by atoms with E-state index in [1.165, 1.54) is 13.6 Å². The van der Waals surface area contributed by atoms with Gasteiger partial charge in [-0.05, 0) is 57.3 Å². The third-order valence-corrected chi connectivity index (χ3v) is 2.58. The highest BCUT2D eigenvalue weighted by molar-refractivity contribution is 14.1. The first kappa shape index (κ1) is 10.7. The second-order valence-corrected chi connectivity index (χ2v) is 5.05. The molecule has 0 heterocycles. The fraction of sp³-hybridized carbons (Fsp3) is 0.500. The van der Waals surface area contributed by atoms with Crippen molar-refractivity contribution in [2.24, 2.45) is 0 Å². The average Bonchev–Trinajstić information content (AvgIpc) is 1.82. The van der Waals surface area contributed by atoms with Crippen LogP contribution in [0.2, 0.25) is 0 Å². The molecule has 0 atom stereocenters. The molecule has 0 radical (unpaired) electrons. The summed E-state index contributed by atoms with van der Waals surface area (Å²) in [6.45, 7) is 8.05. The van der Waals surface area contributed by atoms with Gasteiger partial charge in [0.05, 0.1) is 0 Å². The van der Waals surface area contributed by atoms with Crippen molar-refractivity contribution >= 4 is 38.5 Å². The van der Waals surface area contributed by atoms with Crippen molar-refractivity contribution < 1.29 is 0 Å². The molecule has 2 heteroatoms. The van der Waals surface area contributed by atoms with E-state index in [-0.39, 0.29) is 0 Å². The summed E-state index contributed by atoms with van der Waals surface area (Å²) in [6.07, 6.45) is 2.22. The van der Waals surface area contributed by atoms with Crippen LogP contribution in [-0.4, -0.2) is 0 Å². The Balaban J connectivity index is 3.71. The molecular weight excluding hydrogens is 303 g/mol. The maximum atomic E-state index is 3.84. The van der Waals surface area contributed by atoms with Crippen LogP contribution >= 0.6 is 38.5 Å². The lowest BCUT2D eigenvalue weighted by Gasteiger charge is -2.00. The molecule has 0 saturated carbocycles. The molecular formula is C8H12BrI. The molecule has 0 rings (SSSR count). The van der Waals surface area contributed by atoms with Gasteiger partial charge in [-0.15, -0.1) is 0 Å². The van der Waals surface area contributed by atoms with Gasteiger partial charge in [-0.25, -0.2) is 0 Å². The quantitative estimate of drug-likeness (QED) is 0.677. The number of hydrogen-bond acceptors (Lipinski definition) is 0. The first-order chi connectivity index (χ1) is 4.54. The zero-order chi connectivity index (χ0) is 8.15. The summed E-state index contributed by atoms with van der Waals surface area (Å²) in [6, 6.07) is 0. The van der Waals surface area contributed by atoms with E-state index in [0.717, 1.165) is 12.8 Å². The lowest BCUT2D eigenvalue weighted by molar-refractivity contribution is 0.969. The van der Waals surface area contributed by atoms with E-state index in [2.05, 4.69) is 58.9 Å². The molecule has 58 valence electrons. The van der Waals surface area contributed by atoms with Gasteiger partial charge in [0, 0.05) is 0 Å². The van der Waals surface area contributed by atoms with Crippen molar-refractivity contribution in [3.63, 3.8) is 0 Å². The van der Waals surface area contributed by atoms with Crippen LogP contribution in [0.25, 0.3) is 0 Å². The van der Waals surface area contributed by atoms with E-state index in [4.69, 9.17) is 0 Å². The molecule has 0 saturated heterocycles. The third-order valence-electron chi connectivity index (χ3n) is 1.36. The van der Waals surface area contributed by atoms with E-state index in [1.807, 2.05) is 0 Å². The van der Waals surface area contributed by atoms with Crippen molar-refractivity contribution in [1.82, 2.24) is 0 Å². The summed E-state index contributed by atoms with van der Waals surface area (Å²) >= 11 is 5.70. The minimum absolute atomic E-state index is 1.09. The summed E-state index contributed by atoms with van der Waals surface area (Å²) in [5, 5.41) is 0. The maximum Gasteiger partial charge on any atom is -0.00910 e. The van der Waals surface area contributed by atoms with Crippen LogP contribution in [0.15, 0.2) is 20.2 Å². The topological polar surface area (TPSA) is 0 Å². The predicted octanol–water partition coefficient (Wildman–Crippen LogP) is 4.40. The largest absolute Gasteiger partial charge is 0.0897 e. The number of rotatable bonds is 3. The number of allylic oxidation sites excluding steroid dienone is 3. The highest BCUT2D eigenvalue weighted by atomic mass is 127. The van der Waals surface area contributed by atoms with Gasteiger partial charge in [-0.3, -0.25) is 0 Å². The molecule has 0 bridgehead atoms. The van der Waals surface area contributed by atoms with Crippen molar-refractivity contribution in [3.8, 4) is 0 Å². The normalized spacial score (nSPS) is 12.8. The van der Waals surface area contributed by atoms with E-state index in [9.17, 15) is 0 Å². The van der Waals surface area contributed by atoms with Crippen molar-refractivity contribution in [1.29, 1.82) is 0 Å². The Bertz CT molecular complexity index is 155. The summed E-state index contributed by atoms with van der Waals surface area (Å²) in [5.74, 6) is 0. The van der Waals surface area contributed by atoms with E-state index >= 15 is 0 Å². The fourth-order valence-corrected chi connectivity index (χ4v) is 0.963. The van der Waals surface area contributed by atoms with Crippen LogP contribution in [0.3, 0.4) is 0 Å². The van der Waals surface area contributed by atoms with Gasteiger partial charge in [0.1, 0.15) is 0 Å². The van der Waals surface area contributed by atoms with Crippen LogP contribution in [0.5, 0.6) is 0 Å².